The SMILES string of the molecule is [O-][n+]1onc2c1CC[C@H]1N(O)CC[C@]21O. The Labute approximate surface area is 85.0 Å². The molecule has 1 aromatic heterocycles. The van der Waals surface area contributed by atoms with E-state index in [0.29, 0.717) is 36.4 Å². The first kappa shape index (κ1) is 9.08. The second-order valence-electron chi connectivity index (χ2n) is 4.12. The standard InChI is InChI=1S/C8H11N3O4/c12-8-3-4-10(13)6(8)2-1-5-7(8)9-15-11(5)14/h6,12-13H,1-4H2/t6-,8-/m1/s1. The third kappa shape index (κ3) is 0.996. The van der Waals surface area contributed by atoms with Crippen LogP contribution in [-0.2, 0) is 12.0 Å². The molecule has 3 rings (SSSR count). The van der Waals surface area contributed by atoms with E-state index < -0.39 is 5.60 Å². The van der Waals surface area contributed by atoms with Crippen LogP contribution >= 0.6 is 0 Å². The molecule has 1 aliphatic carbocycles. The Morgan fingerprint density at radius 3 is 3.27 bits per heavy atom. The second kappa shape index (κ2) is 2.69. The van der Waals surface area contributed by atoms with Gasteiger partial charge in [-0.15, -0.1) is 0 Å². The van der Waals surface area contributed by atoms with Crippen LogP contribution < -0.4 is 4.90 Å². The second-order valence-corrected chi connectivity index (χ2v) is 4.12. The van der Waals surface area contributed by atoms with Gasteiger partial charge in [0, 0.05) is 24.5 Å². The van der Waals surface area contributed by atoms with Gasteiger partial charge in [0.05, 0.1) is 6.04 Å². The molecule has 1 fully saturated rings. The molecule has 0 amide bonds. The number of hydrogen-bond acceptors (Lipinski definition) is 6. The van der Waals surface area contributed by atoms with Gasteiger partial charge in [0.15, 0.2) is 5.60 Å². The van der Waals surface area contributed by atoms with Crippen molar-refractivity contribution in [3.8, 4) is 0 Å². The number of hydroxylamine groups is 2. The maximum absolute atomic E-state index is 11.2. The van der Waals surface area contributed by atoms with Crippen LogP contribution in [0.5, 0.6) is 0 Å². The Bertz CT molecular complexity index is 407. The maximum Gasteiger partial charge on any atom is 0.254 e. The van der Waals surface area contributed by atoms with Crippen molar-refractivity contribution >= 4 is 0 Å². The van der Waals surface area contributed by atoms with E-state index in [4.69, 9.17) is 0 Å². The molecule has 15 heavy (non-hydrogen) atoms. The molecule has 0 bridgehead atoms. The normalized spacial score (nSPS) is 35.2. The number of aliphatic hydroxyl groups is 1. The highest BCUT2D eigenvalue weighted by atomic mass is 16.8. The van der Waals surface area contributed by atoms with Crippen LogP contribution in [0.1, 0.15) is 24.2 Å². The average molecular weight is 213 g/mol. The molecule has 7 heteroatoms. The summed E-state index contributed by atoms with van der Waals surface area (Å²) in [7, 11) is 0. The summed E-state index contributed by atoms with van der Waals surface area (Å²) in [6.45, 7) is 0.381. The molecule has 2 heterocycles. The monoisotopic (exact) mass is 213 g/mol. The van der Waals surface area contributed by atoms with Crippen molar-refractivity contribution < 1.29 is 19.8 Å². The van der Waals surface area contributed by atoms with Crippen LogP contribution in [0.3, 0.4) is 0 Å². The summed E-state index contributed by atoms with van der Waals surface area (Å²) in [4.78, 5) is 0.337. The molecule has 2 atom stereocenters. The van der Waals surface area contributed by atoms with Gasteiger partial charge < -0.3 is 15.5 Å². The fourth-order valence-electron chi connectivity index (χ4n) is 2.60. The van der Waals surface area contributed by atoms with Crippen molar-refractivity contribution in [2.75, 3.05) is 6.54 Å². The van der Waals surface area contributed by atoms with E-state index in [0.717, 1.165) is 5.06 Å². The minimum Gasteiger partial charge on any atom is -0.379 e. The highest BCUT2D eigenvalue weighted by molar-refractivity contribution is 5.23. The van der Waals surface area contributed by atoms with Gasteiger partial charge in [0.2, 0.25) is 5.69 Å². The van der Waals surface area contributed by atoms with Gasteiger partial charge in [-0.1, -0.05) is 0 Å². The lowest BCUT2D eigenvalue weighted by Gasteiger charge is -2.31. The molecule has 82 valence electrons. The molecule has 0 unspecified atom stereocenters. The molecule has 7 nitrogen and oxygen atoms in total. The summed E-state index contributed by atoms with van der Waals surface area (Å²) < 4.78 is 4.48. The maximum atomic E-state index is 11.2. The fourth-order valence-corrected chi connectivity index (χ4v) is 2.60. The quantitative estimate of drug-likeness (QED) is 0.531. The Kier molecular flexibility index (Phi) is 1.63. The lowest BCUT2D eigenvalue weighted by Crippen LogP contribution is -2.47. The molecular formula is C8H11N3O4. The number of fused-ring (bicyclic) bond motifs is 3. The topological polar surface area (TPSA) is 96.7 Å². The van der Waals surface area contributed by atoms with Gasteiger partial charge in [0.25, 0.3) is 5.69 Å². The first-order valence-electron chi connectivity index (χ1n) is 4.90. The minimum atomic E-state index is -1.23. The van der Waals surface area contributed by atoms with Crippen molar-refractivity contribution in [3.63, 3.8) is 0 Å². The summed E-state index contributed by atoms with van der Waals surface area (Å²) in [6.07, 6.45) is 1.36. The van der Waals surface area contributed by atoms with Crippen LogP contribution in [-0.4, -0.2) is 33.1 Å². The zero-order valence-electron chi connectivity index (χ0n) is 7.96. The Morgan fingerprint density at radius 1 is 1.67 bits per heavy atom. The number of hydrogen-bond donors (Lipinski definition) is 2. The average Bonchev–Trinajstić information content (AvgIpc) is 2.71. The Hall–Kier alpha value is -1.18. The molecule has 2 aliphatic rings. The Morgan fingerprint density at radius 2 is 2.47 bits per heavy atom. The van der Waals surface area contributed by atoms with Crippen LogP contribution in [0.2, 0.25) is 0 Å². The summed E-state index contributed by atoms with van der Waals surface area (Å²) in [6, 6.07) is -0.380. The smallest absolute Gasteiger partial charge is 0.254 e. The van der Waals surface area contributed by atoms with Gasteiger partial charge in [-0.25, -0.2) is 0 Å². The minimum absolute atomic E-state index is 0.283. The van der Waals surface area contributed by atoms with Crippen molar-refractivity contribution in [2.24, 2.45) is 0 Å². The van der Waals surface area contributed by atoms with E-state index in [1.54, 1.807) is 0 Å². The summed E-state index contributed by atoms with van der Waals surface area (Å²) >= 11 is 0. The highest BCUT2D eigenvalue weighted by Gasteiger charge is 2.56. The van der Waals surface area contributed by atoms with E-state index in [2.05, 4.69) is 9.79 Å². The molecule has 1 saturated heterocycles. The predicted molar refractivity (Wildman–Crippen MR) is 44.6 cm³/mol. The molecule has 1 aromatic rings. The molecular weight excluding hydrogens is 202 g/mol. The molecule has 0 saturated carbocycles. The third-order valence-electron chi connectivity index (χ3n) is 3.40. The van der Waals surface area contributed by atoms with Crippen molar-refractivity contribution in [1.29, 1.82) is 0 Å². The van der Waals surface area contributed by atoms with E-state index in [9.17, 15) is 15.5 Å². The lowest BCUT2D eigenvalue weighted by atomic mass is 9.81. The van der Waals surface area contributed by atoms with Crippen molar-refractivity contribution in [1.82, 2.24) is 10.2 Å². The number of rotatable bonds is 0. The fraction of sp³-hybridized carbons (Fsp3) is 0.750. The van der Waals surface area contributed by atoms with E-state index in [1.807, 2.05) is 0 Å². The van der Waals surface area contributed by atoms with Gasteiger partial charge in [-0.3, -0.25) is 4.63 Å². The highest BCUT2D eigenvalue weighted by Crippen LogP contribution is 2.42. The molecule has 0 spiro atoms. The zero-order chi connectivity index (χ0) is 10.6. The summed E-state index contributed by atoms with van der Waals surface area (Å²) in [5.41, 5.74) is -0.573. The van der Waals surface area contributed by atoms with Gasteiger partial charge in [-0.2, -0.15) is 5.06 Å². The van der Waals surface area contributed by atoms with E-state index in [-0.39, 0.29) is 11.7 Å². The molecule has 2 N–H and O–H groups in total. The summed E-state index contributed by atoms with van der Waals surface area (Å²) in [5.74, 6) is 0. The van der Waals surface area contributed by atoms with Gasteiger partial charge in [0.1, 0.15) is 0 Å². The number of aromatic nitrogens is 2. The first-order chi connectivity index (χ1) is 7.13. The van der Waals surface area contributed by atoms with Crippen LogP contribution in [0.25, 0.3) is 0 Å². The molecule has 1 aliphatic heterocycles. The third-order valence-corrected chi connectivity index (χ3v) is 3.40. The number of nitrogens with zero attached hydrogens (tertiary/aromatic N) is 3. The van der Waals surface area contributed by atoms with E-state index in [1.165, 1.54) is 0 Å². The predicted octanol–water partition coefficient (Wildman–Crippen LogP) is -1.09. The van der Waals surface area contributed by atoms with E-state index >= 15 is 0 Å². The zero-order valence-corrected chi connectivity index (χ0v) is 7.96. The first-order valence-corrected chi connectivity index (χ1v) is 4.90. The van der Waals surface area contributed by atoms with Crippen molar-refractivity contribution in [3.05, 3.63) is 16.6 Å². The molecule has 0 aromatic carbocycles. The Balaban J connectivity index is 2.12. The largest absolute Gasteiger partial charge is 0.379 e. The van der Waals surface area contributed by atoms with Gasteiger partial charge >= 0.3 is 0 Å². The lowest BCUT2D eigenvalue weighted by molar-refractivity contribution is -0.808. The van der Waals surface area contributed by atoms with Crippen LogP contribution in [0.4, 0.5) is 0 Å². The van der Waals surface area contributed by atoms with Gasteiger partial charge in [-0.05, 0) is 11.3 Å². The van der Waals surface area contributed by atoms with Crippen LogP contribution in [0, 0.1) is 5.21 Å². The van der Waals surface area contributed by atoms with Crippen LogP contribution in [0.15, 0.2) is 4.63 Å². The van der Waals surface area contributed by atoms with Crippen molar-refractivity contribution in [2.45, 2.75) is 30.9 Å². The molecule has 0 radical (unpaired) electrons. The summed E-state index contributed by atoms with van der Waals surface area (Å²) in [5, 5.41) is 35.8.